The largest absolute Gasteiger partial charge is 0.446 e. The van der Waals surface area contributed by atoms with Crippen molar-refractivity contribution < 1.29 is 32.3 Å². The van der Waals surface area contributed by atoms with E-state index in [1.807, 2.05) is 45.6 Å². The quantitative estimate of drug-likeness (QED) is 0.228. The van der Waals surface area contributed by atoms with E-state index in [2.05, 4.69) is 27.0 Å². The van der Waals surface area contributed by atoms with E-state index in [1.54, 1.807) is 27.0 Å². The number of likely N-dealkylation sites (tertiary alicyclic amines) is 1. The van der Waals surface area contributed by atoms with Gasteiger partial charge in [0.05, 0.1) is 17.8 Å². The molecule has 3 aromatic rings. The van der Waals surface area contributed by atoms with Crippen molar-refractivity contribution in [1.82, 2.24) is 39.2 Å². The highest BCUT2D eigenvalue weighted by Crippen LogP contribution is 2.45. The first-order chi connectivity index (χ1) is 27.5. The van der Waals surface area contributed by atoms with Crippen molar-refractivity contribution in [3.63, 3.8) is 0 Å². The molecule has 16 nitrogen and oxygen atoms in total. The molecule has 0 unspecified atom stereocenters. The van der Waals surface area contributed by atoms with Crippen LogP contribution in [0.2, 0.25) is 0 Å². The minimum absolute atomic E-state index is 0.0647. The Morgan fingerprint density at radius 2 is 1.72 bits per heavy atom. The SMILES string of the molecule is C=C[C@@H]1C[C@]1(NC(=O)[C@@H]1C[C@@H](n2ncc(-c3ccsc3)c(-c3ccsc3)c2=O)CN1C(=O)[C@@H](NC(=O)OC1CCC1)C(C)(C)C)C(=O)NS(=O)(=O)N1CCN(C)CC1. The number of hydrogen-bond donors (Lipinski definition) is 3. The van der Waals surface area contributed by atoms with E-state index in [0.717, 1.165) is 24.8 Å². The summed E-state index contributed by atoms with van der Waals surface area (Å²) >= 11 is 2.93. The molecule has 0 radical (unpaired) electrons. The Hall–Kier alpha value is -4.43. The molecule has 7 rings (SSSR count). The lowest BCUT2D eigenvalue weighted by Gasteiger charge is -2.36. The second-order valence-electron chi connectivity index (χ2n) is 16.7. The van der Waals surface area contributed by atoms with Gasteiger partial charge in [-0.05, 0) is 82.9 Å². The van der Waals surface area contributed by atoms with Crippen molar-refractivity contribution in [3.8, 4) is 22.3 Å². The van der Waals surface area contributed by atoms with Gasteiger partial charge >= 0.3 is 16.3 Å². The first-order valence-corrected chi connectivity index (χ1v) is 22.7. The molecule has 4 fully saturated rings. The zero-order valence-corrected chi connectivity index (χ0v) is 35.5. The minimum atomic E-state index is -4.24. The van der Waals surface area contributed by atoms with Gasteiger partial charge in [-0.25, -0.2) is 14.2 Å². The maximum atomic E-state index is 14.7. The lowest BCUT2D eigenvalue weighted by atomic mass is 9.85. The number of carbonyl (C=O) groups excluding carboxylic acids is 4. The van der Waals surface area contributed by atoms with Crippen molar-refractivity contribution in [3.05, 3.63) is 62.9 Å². The van der Waals surface area contributed by atoms with E-state index in [4.69, 9.17) is 4.74 Å². The van der Waals surface area contributed by atoms with E-state index in [1.165, 1.54) is 42.6 Å². The van der Waals surface area contributed by atoms with Crippen molar-refractivity contribution in [2.24, 2.45) is 11.3 Å². The van der Waals surface area contributed by atoms with Crippen LogP contribution in [0.25, 0.3) is 22.3 Å². The van der Waals surface area contributed by atoms with Crippen molar-refractivity contribution in [2.45, 2.75) is 82.6 Å². The third-order valence-electron chi connectivity index (χ3n) is 11.6. The Labute approximate surface area is 345 Å². The van der Waals surface area contributed by atoms with Gasteiger partial charge in [0.25, 0.3) is 11.5 Å². The molecule has 2 saturated heterocycles. The standard InChI is InChI=1S/C39H50N8O8S3/c1-6-26-19-39(26,36(51)43-58(53,54)45-14-12-44(5)13-15-45)42-33(48)30-18-27(21-46(30)35(50)32(38(2,3)4)41-37(52)55-28-8-7-9-28)47-34(49)31(25-11-17-57-23-25)29(20-40-47)24-10-16-56-22-24/h6,10-11,16-17,20,22-23,26-28,30,32H,1,7-9,12-15,18-19,21H2,2-5H3,(H,41,52)(H,42,48)(H,43,51)/t26-,27-,30+,32-,39-/m1/s1. The number of nitrogens with zero attached hydrogens (tertiary/aromatic N) is 5. The number of hydrogen-bond acceptors (Lipinski definition) is 12. The smallest absolute Gasteiger partial charge is 0.408 e. The molecule has 58 heavy (non-hydrogen) atoms. The average molecular weight is 855 g/mol. The van der Waals surface area contributed by atoms with Crippen LogP contribution in [0.4, 0.5) is 4.79 Å². The number of nitrogens with one attached hydrogen (secondary N) is 3. The summed E-state index contributed by atoms with van der Waals surface area (Å²) in [5.41, 5.74) is -0.295. The number of likely N-dealkylation sites (N-methyl/N-ethyl adjacent to an activating group) is 1. The van der Waals surface area contributed by atoms with Crippen molar-refractivity contribution >= 4 is 56.7 Å². The Bertz CT molecular complexity index is 2210. The van der Waals surface area contributed by atoms with Crippen LogP contribution >= 0.6 is 22.7 Å². The van der Waals surface area contributed by atoms with Crippen LogP contribution in [0.5, 0.6) is 0 Å². The first kappa shape index (κ1) is 41.7. The third-order valence-corrected chi connectivity index (χ3v) is 14.5. The molecule has 19 heteroatoms. The third kappa shape index (κ3) is 8.36. The predicted molar refractivity (Wildman–Crippen MR) is 220 cm³/mol. The fraction of sp³-hybridized carbons (Fsp3) is 0.538. The average Bonchev–Trinajstić information content (AvgIpc) is 3.67. The first-order valence-electron chi connectivity index (χ1n) is 19.4. The van der Waals surface area contributed by atoms with Gasteiger partial charge < -0.3 is 25.2 Å². The Morgan fingerprint density at radius 1 is 1.05 bits per heavy atom. The molecule has 312 valence electrons. The lowest BCUT2D eigenvalue weighted by molar-refractivity contribution is -0.143. The molecule has 5 atom stereocenters. The second kappa shape index (κ2) is 16.3. The summed E-state index contributed by atoms with van der Waals surface area (Å²) in [5.74, 6) is -2.81. The molecule has 2 saturated carbocycles. The number of ether oxygens (including phenoxy) is 1. The highest BCUT2D eigenvalue weighted by molar-refractivity contribution is 7.87. The van der Waals surface area contributed by atoms with Crippen molar-refractivity contribution in [1.29, 1.82) is 0 Å². The van der Waals surface area contributed by atoms with Crippen LogP contribution in [0, 0.1) is 11.3 Å². The van der Waals surface area contributed by atoms with Crippen LogP contribution < -0.4 is 20.9 Å². The van der Waals surface area contributed by atoms with Gasteiger partial charge in [0.2, 0.25) is 11.8 Å². The molecule has 2 aliphatic carbocycles. The molecule has 5 heterocycles. The Balaban J connectivity index is 1.21. The highest BCUT2D eigenvalue weighted by Gasteiger charge is 2.62. The Morgan fingerprint density at radius 3 is 2.29 bits per heavy atom. The molecular formula is C39H50N8O8S3. The number of piperazine rings is 1. The van der Waals surface area contributed by atoms with Gasteiger partial charge in [-0.15, -0.1) is 6.58 Å². The highest BCUT2D eigenvalue weighted by atomic mass is 32.2. The van der Waals surface area contributed by atoms with E-state index in [-0.39, 0.29) is 38.6 Å². The summed E-state index contributed by atoms with van der Waals surface area (Å²) in [5, 5.41) is 17.7. The van der Waals surface area contributed by atoms with Gasteiger partial charge in [0.1, 0.15) is 23.7 Å². The second-order valence-corrected chi connectivity index (χ2v) is 19.9. The molecule has 4 aliphatic rings. The number of aromatic nitrogens is 2. The summed E-state index contributed by atoms with van der Waals surface area (Å²) < 4.78 is 36.9. The van der Waals surface area contributed by atoms with E-state index >= 15 is 0 Å². The molecule has 0 aromatic carbocycles. The topological polar surface area (TPSA) is 192 Å². The zero-order chi connectivity index (χ0) is 41.6. The minimum Gasteiger partial charge on any atom is -0.446 e. The van der Waals surface area contributed by atoms with Gasteiger partial charge in [0.15, 0.2) is 0 Å². The molecule has 4 amide bonds. The van der Waals surface area contributed by atoms with Gasteiger partial charge in [0, 0.05) is 50.6 Å². The monoisotopic (exact) mass is 854 g/mol. The predicted octanol–water partition coefficient (Wildman–Crippen LogP) is 3.21. The van der Waals surface area contributed by atoms with E-state index < -0.39 is 74.6 Å². The molecule has 2 aliphatic heterocycles. The maximum Gasteiger partial charge on any atom is 0.408 e. The van der Waals surface area contributed by atoms with E-state index in [9.17, 15) is 32.4 Å². The molecule has 3 aromatic heterocycles. The van der Waals surface area contributed by atoms with Crippen LogP contribution in [0.3, 0.4) is 0 Å². The number of amides is 4. The van der Waals surface area contributed by atoms with Gasteiger partial charge in [-0.1, -0.05) is 26.8 Å². The number of alkyl carbamates (subject to hydrolysis) is 1. The number of rotatable bonds is 12. The van der Waals surface area contributed by atoms with Crippen molar-refractivity contribution in [2.75, 3.05) is 39.8 Å². The lowest BCUT2D eigenvalue weighted by Crippen LogP contribution is -2.61. The summed E-state index contributed by atoms with van der Waals surface area (Å²) in [6, 6.07) is 0.579. The molecule has 0 bridgehead atoms. The fourth-order valence-corrected chi connectivity index (χ4v) is 10.3. The number of thiophene rings is 2. The molecule has 0 spiro atoms. The fourth-order valence-electron chi connectivity index (χ4n) is 7.78. The summed E-state index contributed by atoms with van der Waals surface area (Å²) in [6.07, 6.45) is 4.54. The van der Waals surface area contributed by atoms with Crippen LogP contribution in [-0.2, 0) is 29.3 Å². The van der Waals surface area contributed by atoms with Gasteiger partial charge in [-0.2, -0.15) is 40.5 Å². The maximum absolute atomic E-state index is 14.7. The molecular weight excluding hydrogens is 805 g/mol. The van der Waals surface area contributed by atoms with Crippen LogP contribution in [-0.4, -0.2) is 120 Å². The summed E-state index contributed by atoms with van der Waals surface area (Å²) in [6.45, 7) is 10.4. The molecule has 3 N–H and O–H groups in total. The summed E-state index contributed by atoms with van der Waals surface area (Å²) in [7, 11) is -2.36. The normalized spacial score (nSPS) is 24.7. The number of carbonyl (C=O) groups is 4. The van der Waals surface area contributed by atoms with Crippen LogP contribution in [0.15, 0.2) is 57.3 Å². The zero-order valence-electron chi connectivity index (χ0n) is 33.0. The van der Waals surface area contributed by atoms with Crippen LogP contribution in [0.1, 0.15) is 58.9 Å². The Kier molecular flexibility index (Phi) is 11.7. The van der Waals surface area contributed by atoms with Gasteiger partial charge in [-0.3, -0.25) is 19.2 Å². The summed E-state index contributed by atoms with van der Waals surface area (Å²) in [4.78, 5) is 74.1. The van der Waals surface area contributed by atoms with E-state index in [0.29, 0.717) is 29.8 Å².